The minimum Gasteiger partial charge on any atom is -0.328 e. The Morgan fingerprint density at radius 2 is 2.33 bits per heavy atom. The van der Waals surface area contributed by atoms with Crippen LogP contribution in [-0.2, 0) is 11.3 Å². The molecule has 5 nitrogen and oxygen atoms in total. The van der Waals surface area contributed by atoms with Crippen LogP contribution in [0.15, 0.2) is 12.3 Å². The Labute approximate surface area is 115 Å². The molecule has 1 unspecified atom stereocenters. The summed E-state index contributed by atoms with van der Waals surface area (Å²) in [6.07, 6.45) is 5.03. The maximum atomic E-state index is 11.6. The molecule has 1 amide bonds. The lowest BCUT2D eigenvalue weighted by Gasteiger charge is -2.09. The molecule has 18 heavy (non-hydrogen) atoms. The molecule has 0 bridgehead atoms. The number of hydrogen-bond donors (Lipinski definition) is 2. The van der Waals surface area contributed by atoms with E-state index < -0.39 is 0 Å². The Morgan fingerprint density at radius 1 is 1.61 bits per heavy atom. The van der Waals surface area contributed by atoms with Crippen molar-refractivity contribution in [2.24, 2.45) is 5.73 Å². The van der Waals surface area contributed by atoms with Gasteiger partial charge in [-0.2, -0.15) is 5.10 Å². The molecule has 1 heterocycles. The maximum absolute atomic E-state index is 11.6. The first kappa shape index (κ1) is 16.9. The lowest BCUT2D eigenvalue weighted by atomic mass is 10.2. The van der Waals surface area contributed by atoms with E-state index in [4.69, 9.17) is 5.73 Å². The Morgan fingerprint density at radius 3 is 2.94 bits per heavy atom. The summed E-state index contributed by atoms with van der Waals surface area (Å²) in [6.45, 7) is 4.87. The zero-order chi connectivity index (χ0) is 12.7. The van der Waals surface area contributed by atoms with Crippen LogP contribution in [0.2, 0.25) is 0 Å². The van der Waals surface area contributed by atoms with Crippen LogP contribution < -0.4 is 11.1 Å². The summed E-state index contributed by atoms with van der Waals surface area (Å²) in [6, 6.07) is 1.88. The monoisotopic (exact) mass is 274 g/mol. The largest absolute Gasteiger partial charge is 0.328 e. The molecule has 1 aromatic heterocycles. The maximum Gasteiger partial charge on any atom is 0.225 e. The minimum atomic E-state index is 0. The number of anilines is 1. The number of amides is 1. The van der Waals surface area contributed by atoms with Gasteiger partial charge in [0.25, 0.3) is 0 Å². The van der Waals surface area contributed by atoms with E-state index in [0.29, 0.717) is 12.8 Å². The van der Waals surface area contributed by atoms with Crippen LogP contribution in [0.1, 0.15) is 39.5 Å². The number of hydrogen-bond acceptors (Lipinski definition) is 3. The fourth-order valence-electron chi connectivity index (χ4n) is 1.49. The average Bonchev–Trinajstić information content (AvgIpc) is 2.71. The first-order chi connectivity index (χ1) is 8.13. The first-order valence-electron chi connectivity index (χ1n) is 6.20. The van der Waals surface area contributed by atoms with Gasteiger partial charge in [0.15, 0.2) is 0 Å². The summed E-state index contributed by atoms with van der Waals surface area (Å²) in [4.78, 5) is 11.6. The van der Waals surface area contributed by atoms with Crippen LogP contribution in [0.5, 0.6) is 0 Å². The minimum absolute atomic E-state index is 0. The van der Waals surface area contributed by atoms with Gasteiger partial charge in [-0.05, 0) is 19.8 Å². The van der Waals surface area contributed by atoms with Gasteiger partial charge in [0, 0.05) is 25.1 Å². The standard InChI is InChI=1S/C12H22N4O.ClH/c1-3-4-9-16-11(7-8-14-16)15-12(17)6-5-10(2)13;/h7-8,10H,3-6,9,13H2,1-2H3,(H,15,17);1H. The van der Waals surface area contributed by atoms with Crippen LogP contribution in [0.25, 0.3) is 0 Å². The van der Waals surface area contributed by atoms with E-state index in [1.807, 2.05) is 17.7 Å². The highest BCUT2D eigenvalue weighted by Crippen LogP contribution is 2.08. The van der Waals surface area contributed by atoms with Crippen molar-refractivity contribution in [2.45, 2.75) is 52.1 Å². The predicted molar refractivity (Wildman–Crippen MR) is 75.9 cm³/mol. The van der Waals surface area contributed by atoms with Crippen LogP contribution in [0.4, 0.5) is 5.82 Å². The van der Waals surface area contributed by atoms with Crippen LogP contribution in [0, 0.1) is 0 Å². The Balaban J connectivity index is 0.00000289. The summed E-state index contributed by atoms with van der Waals surface area (Å²) in [7, 11) is 0. The normalized spacial score (nSPS) is 11.7. The van der Waals surface area contributed by atoms with Crippen molar-refractivity contribution in [1.29, 1.82) is 0 Å². The number of aryl methyl sites for hydroxylation is 1. The van der Waals surface area contributed by atoms with Crippen molar-refractivity contribution >= 4 is 24.1 Å². The van der Waals surface area contributed by atoms with E-state index in [1.165, 1.54) is 0 Å². The third kappa shape index (κ3) is 6.02. The molecule has 0 fully saturated rings. The molecule has 0 aliphatic heterocycles. The van der Waals surface area contributed by atoms with E-state index in [1.54, 1.807) is 6.20 Å². The molecule has 0 radical (unpaired) electrons. The highest BCUT2D eigenvalue weighted by Gasteiger charge is 2.07. The molecule has 1 aromatic rings. The number of carbonyl (C=O) groups excluding carboxylic acids is 1. The van der Waals surface area contributed by atoms with Gasteiger partial charge in [-0.25, -0.2) is 4.68 Å². The van der Waals surface area contributed by atoms with E-state index in [2.05, 4.69) is 17.3 Å². The number of rotatable bonds is 7. The molecule has 6 heteroatoms. The van der Waals surface area contributed by atoms with Crippen LogP contribution in [-0.4, -0.2) is 21.7 Å². The van der Waals surface area contributed by atoms with Gasteiger partial charge in [0.1, 0.15) is 5.82 Å². The smallest absolute Gasteiger partial charge is 0.225 e. The molecule has 0 saturated carbocycles. The van der Waals surface area contributed by atoms with E-state index in [-0.39, 0.29) is 24.4 Å². The van der Waals surface area contributed by atoms with Crippen molar-refractivity contribution in [1.82, 2.24) is 9.78 Å². The number of halogens is 1. The number of unbranched alkanes of at least 4 members (excludes halogenated alkanes) is 1. The molecule has 104 valence electrons. The fourth-order valence-corrected chi connectivity index (χ4v) is 1.49. The predicted octanol–water partition coefficient (Wildman–Crippen LogP) is 2.17. The molecule has 0 aliphatic carbocycles. The van der Waals surface area contributed by atoms with Gasteiger partial charge >= 0.3 is 0 Å². The molecular formula is C12H23ClN4O. The van der Waals surface area contributed by atoms with Crippen molar-refractivity contribution in [2.75, 3.05) is 5.32 Å². The van der Waals surface area contributed by atoms with Crippen molar-refractivity contribution < 1.29 is 4.79 Å². The molecule has 0 saturated heterocycles. The van der Waals surface area contributed by atoms with Crippen molar-refractivity contribution in [3.8, 4) is 0 Å². The van der Waals surface area contributed by atoms with Gasteiger partial charge in [-0.3, -0.25) is 4.79 Å². The second-order valence-electron chi connectivity index (χ2n) is 4.36. The SMILES string of the molecule is CCCCn1nccc1NC(=O)CCC(C)N.Cl. The molecule has 0 aliphatic rings. The summed E-state index contributed by atoms with van der Waals surface area (Å²) in [5.74, 6) is 0.772. The zero-order valence-corrected chi connectivity index (χ0v) is 11.9. The van der Waals surface area contributed by atoms with E-state index in [9.17, 15) is 4.79 Å². The summed E-state index contributed by atoms with van der Waals surface area (Å²) in [5.41, 5.74) is 5.61. The van der Waals surface area contributed by atoms with Crippen LogP contribution in [0.3, 0.4) is 0 Å². The van der Waals surface area contributed by atoms with Gasteiger partial charge < -0.3 is 11.1 Å². The molecular weight excluding hydrogens is 252 g/mol. The number of nitrogens with one attached hydrogen (secondary N) is 1. The highest BCUT2D eigenvalue weighted by atomic mass is 35.5. The van der Waals surface area contributed by atoms with E-state index in [0.717, 1.165) is 25.2 Å². The van der Waals surface area contributed by atoms with Gasteiger partial charge in [0.05, 0.1) is 6.20 Å². The van der Waals surface area contributed by atoms with Crippen molar-refractivity contribution in [3.05, 3.63) is 12.3 Å². The van der Waals surface area contributed by atoms with Crippen molar-refractivity contribution in [3.63, 3.8) is 0 Å². The third-order valence-electron chi connectivity index (χ3n) is 2.53. The number of aromatic nitrogens is 2. The fraction of sp³-hybridized carbons (Fsp3) is 0.667. The Bertz CT molecular complexity index is 352. The number of nitrogens with zero attached hydrogens (tertiary/aromatic N) is 2. The summed E-state index contributed by atoms with van der Waals surface area (Å²) in [5, 5.41) is 7.04. The van der Waals surface area contributed by atoms with Gasteiger partial charge in [-0.1, -0.05) is 13.3 Å². The molecule has 3 N–H and O–H groups in total. The van der Waals surface area contributed by atoms with Gasteiger partial charge in [-0.15, -0.1) is 12.4 Å². The molecule has 0 spiro atoms. The lowest BCUT2D eigenvalue weighted by molar-refractivity contribution is -0.116. The second-order valence-corrected chi connectivity index (χ2v) is 4.36. The first-order valence-corrected chi connectivity index (χ1v) is 6.20. The zero-order valence-electron chi connectivity index (χ0n) is 11.1. The van der Waals surface area contributed by atoms with Crippen LogP contribution >= 0.6 is 12.4 Å². The number of carbonyl (C=O) groups is 1. The second kappa shape index (κ2) is 8.94. The summed E-state index contributed by atoms with van der Waals surface area (Å²) < 4.78 is 1.83. The van der Waals surface area contributed by atoms with Gasteiger partial charge in [0.2, 0.25) is 5.91 Å². The quantitative estimate of drug-likeness (QED) is 0.800. The Kier molecular flexibility index (Phi) is 8.41. The topological polar surface area (TPSA) is 72.9 Å². The molecule has 1 rings (SSSR count). The molecule has 0 aromatic carbocycles. The number of nitrogens with two attached hydrogens (primary N) is 1. The lowest BCUT2D eigenvalue weighted by Crippen LogP contribution is -2.20. The Hall–Kier alpha value is -1.07. The average molecular weight is 275 g/mol. The summed E-state index contributed by atoms with van der Waals surface area (Å²) >= 11 is 0. The third-order valence-corrected chi connectivity index (χ3v) is 2.53. The van der Waals surface area contributed by atoms with E-state index >= 15 is 0 Å². The molecule has 1 atom stereocenters. The highest BCUT2D eigenvalue weighted by molar-refractivity contribution is 5.89.